The number of rotatable bonds is 8. The molecular weight excluding hydrogens is 586 g/mol. The topological polar surface area (TPSA) is 95.2 Å². The average molecular weight is 619 g/mol. The lowest BCUT2D eigenvalue weighted by molar-refractivity contribution is -0.142. The highest BCUT2D eigenvalue weighted by molar-refractivity contribution is 7.91. The van der Waals surface area contributed by atoms with Crippen LogP contribution < -0.4 is 5.32 Å². The van der Waals surface area contributed by atoms with Crippen LogP contribution in [0.4, 0.5) is 26.3 Å². The minimum absolute atomic E-state index is 0.00256. The van der Waals surface area contributed by atoms with Gasteiger partial charge in [0.2, 0.25) is 5.91 Å². The summed E-state index contributed by atoms with van der Waals surface area (Å²) in [6.07, 6.45) is -9.01. The number of benzene rings is 2. The summed E-state index contributed by atoms with van der Waals surface area (Å²) in [5.41, 5.74) is -4.27. The fraction of sp³-hybridized carbons (Fsp3) is 0.500. The lowest BCUT2D eigenvalue weighted by Gasteiger charge is -2.41. The summed E-state index contributed by atoms with van der Waals surface area (Å²) in [7, 11) is -1.74. The summed E-state index contributed by atoms with van der Waals surface area (Å²) in [4.78, 5) is 21.6. The molecule has 0 unspecified atom stereocenters. The van der Waals surface area contributed by atoms with Gasteiger partial charge in [0.1, 0.15) is 11.3 Å². The second-order valence-electron chi connectivity index (χ2n) is 11.0. The number of halogens is 6. The van der Waals surface area contributed by atoms with Crippen LogP contribution in [0.15, 0.2) is 47.4 Å². The van der Waals surface area contributed by atoms with Gasteiger partial charge in [0.25, 0.3) is 0 Å². The van der Waals surface area contributed by atoms with E-state index in [1.807, 2.05) is 20.9 Å². The van der Waals surface area contributed by atoms with Crippen molar-refractivity contribution >= 4 is 26.8 Å². The Kier molecular flexibility index (Phi) is 8.98. The summed E-state index contributed by atoms with van der Waals surface area (Å²) < 4.78 is 107. The van der Waals surface area contributed by atoms with Gasteiger partial charge in [0.15, 0.2) is 9.84 Å². The molecule has 4 rings (SSSR count). The summed E-state index contributed by atoms with van der Waals surface area (Å²) in [5.74, 6) is -1.55. The largest absolute Gasteiger partial charge is 0.418 e. The van der Waals surface area contributed by atoms with Crippen molar-refractivity contribution in [2.75, 3.05) is 12.8 Å². The molecule has 0 saturated heterocycles. The Hall–Kier alpha value is -3.13. The molecule has 0 radical (unpaired) electrons. The van der Waals surface area contributed by atoms with E-state index >= 15 is 0 Å². The molecule has 14 heteroatoms. The third kappa shape index (κ3) is 7.25. The van der Waals surface area contributed by atoms with E-state index in [4.69, 9.17) is 0 Å². The van der Waals surface area contributed by atoms with Gasteiger partial charge in [-0.2, -0.15) is 26.3 Å². The highest BCUT2D eigenvalue weighted by atomic mass is 32.2. The van der Waals surface area contributed by atoms with Crippen molar-refractivity contribution < 1.29 is 39.6 Å². The summed E-state index contributed by atoms with van der Waals surface area (Å²) in [6, 6.07) is 8.22. The number of sulfone groups is 1. The van der Waals surface area contributed by atoms with Gasteiger partial charge < -0.3 is 15.2 Å². The number of nitrogens with zero attached hydrogens (tertiary/aromatic N) is 2. The second kappa shape index (κ2) is 11.9. The zero-order valence-corrected chi connectivity index (χ0v) is 24.0. The first-order chi connectivity index (χ1) is 19.5. The Morgan fingerprint density at radius 3 is 2.33 bits per heavy atom. The number of nitrogens with one attached hydrogen (secondary N) is 2. The quantitative estimate of drug-likeness (QED) is 0.320. The van der Waals surface area contributed by atoms with Crippen LogP contribution in [-0.4, -0.2) is 60.1 Å². The number of fused-ring (bicyclic) bond motifs is 1. The van der Waals surface area contributed by atoms with E-state index < -0.39 is 68.6 Å². The molecule has 230 valence electrons. The van der Waals surface area contributed by atoms with Crippen molar-refractivity contribution in [3.8, 4) is 0 Å². The van der Waals surface area contributed by atoms with E-state index in [-0.39, 0.29) is 34.6 Å². The van der Waals surface area contributed by atoms with E-state index in [9.17, 15) is 39.6 Å². The number of carbonyl (C=O) groups is 1. The van der Waals surface area contributed by atoms with Crippen molar-refractivity contribution in [3.05, 3.63) is 59.4 Å². The van der Waals surface area contributed by atoms with Gasteiger partial charge in [-0.25, -0.2) is 13.4 Å². The first kappa shape index (κ1) is 31.8. The van der Waals surface area contributed by atoms with Crippen LogP contribution in [-0.2, 0) is 33.4 Å². The Morgan fingerprint density at radius 1 is 1.07 bits per heavy atom. The molecule has 3 atom stereocenters. The number of aromatic nitrogens is 2. The number of hydrogen-bond donors (Lipinski definition) is 2. The molecule has 1 aliphatic rings. The second-order valence-corrected chi connectivity index (χ2v) is 13.1. The summed E-state index contributed by atoms with van der Waals surface area (Å²) in [6.45, 7) is 4.05. The minimum Gasteiger partial charge on any atom is -0.353 e. The molecule has 42 heavy (non-hydrogen) atoms. The Balaban J connectivity index is 1.56. The molecule has 2 N–H and O–H groups in total. The smallest absolute Gasteiger partial charge is 0.353 e. The van der Waals surface area contributed by atoms with Crippen molar-refractivity contribution in [2.24, 2.45) is 5.92 Å². The number of carbonyl (C=O) groups excluding carboxylic acids is 1. The molecule has 1 aromatic heterocycles. The molecule has 0 bridgehead atoms. The number of hydrogen-bond acceptors (Lipinski definition) is 5. The fourth-order valence-electron chi connectivity index (χ4n) is 5.45. The van der Waals surface area contributed by atoms with Crippen LogP contribution in [0.2, 0.25) is 0 Å². The molecule has 7 nitrogen and oxygen atoms in total. The van der Waals surface area contributed by atoms with E-state index in [1.54, 1.807) is 18.2 Å². The molecule has 1 heterocycles. The van der Waals surface area contributed by atoms with Crippen molar-refractivity contribution in [1.82, 2.24) is 20.2 Å². The third-order valence-electron chi connectivity index (χ3n) is 7.82. The van der Waals surface area contributed by atoms with E-state index in [0.29, 0.717) is 25.3 Å². The van der Waals surface area contributed by atoms with Crippen molar-refractivity contribution in [3.63, 3.8) is 0 Å². The van der Waals surface area contributed by atoms with Crippen molar-refractivity contribution in [2.45, 2.75) is 74.9 Å². The maximum Gasteiger partial charge on any atom is 0.418 e. The normalized spacial score (nSPS) is 20.4. The standard InChI is InChI=1S/C28H32F6N4O3S/c1-16(2)38(3)19-9-10-22(17(11-19)15-42(40,41)20-7-5-4-6-8-20)36-25(39)14-24-35-23-13-18(27(29,30)31)12-21(26(23)37-24)28(32,33)34/h4-8,12-13,16-17,19,22H,9-11,14-15H2,1-3H3,(H,35,37)(H,36,39)/t17-,19+,22+/m1/s1. The lowest BCUT2D eigenvalue weighted by Crippen LogP contribution is -2.51. The number of alkyl halides is 6. The molecule has 1 amide bonds. The maximum absolute atomic E-state index is 13.6. The monoisotopic (exact) mass is 618 g/mol. The lowest BCUT2D eigenvalue weighted by atomic mass is 9.81. The van der Waals surface area contributed by atoms with Crippen LogP contribution in [0, 0.1) is 5.92 Å². The number of aromatic amines is 1. The van der Waals surface area contributed by atoms with Gasteiger partial charge in [-0.15, -0.1) is 0 Å². The molecule has 3 aromatic rings. The molecular formula is C28H32F6N4O3S. The minimum atomic E-state index is -5.10. The van der Waals surface area contributed by atoms with Gasteiger partial charge >= 0.3 is 12.4 Å². The molecule has 1 aliphatic carbocycles. The number of H-pyrrole nitrogens is 1. The molecule has 0 aliphatic heterocycles. The summed E-state index contributed by atoms with van der Waals surface area (Å²) in [5, 5.41) is 2.82. The van der Waals surface area contributed by atoms with E-state index in [1.165, 1.54) is 12.1 Å². The van der Waals surface area contributed by atoms with Crippen LogP contribution in [0.5, 0.6) is 0 Å². The maximum atomic E-state index is 13.6. The zero-order valence-electron chi connectivity index (χ0n) is 23.2. The van der Waals surface area contributed by atoms with E-state index in [0.717, 1.165) is 0 Å². The highest BCUT2D eigenvalue weighted by Crippen LogP contribution is 2.39. The number of imidazole rings is 1. The van der Waals surface area contributed by atoms with Gasteiger partial charge in [0, 0.05) is 18.1 Å². The average Bonchev–Trinajstić information content (AvgIpc) is 3.29. The number of amides is 1. The molecule has 1 fully saturated rings. The Bertz CT molecular complexity index is 1520. The van der Waals surface area contributed by atoms with E-state index in [2.05, 4.69) is 20.2 Å². The van der Waals surface area contributed by atoms with Gasteiger partial charge in [-0.3, -0.25) is 4.79 Å². The SMILES string of the molecule is CC(C)N(C)[C@H]1CC[C@H](NC(=O)Cc2nc3c(C(F)(F)F)cc(C(F)(F)F)cc3[nH]2)[C@@H](CS(=O)(=O)c2ccccc2)C1. The first-order valence-corrected chi connectivity index (χ1v) is 15.1. The van der Waals surface area contributed by atoms with Crippen LogP contribution in [0.25, 0.3) is 11.0 Å². The predicted octanol–water partition coefficient (Wildman–Crippen LogP) is 5.61. The first-order valence-electron chi connectivity index (χ1n) is 13.4. The van der Waals surface area contributed by atoms with Crippen LogP contribution in [0.1, 0.15) is 50.1 Å². The van der Waals surface area contributed by atoms with Gasteiger partial charge in [-0.05, 0) is 70.3 Å². The Labute approximate surface area is 239 Å². The molecule has 1 saturated carbocycles. The fourth-order valence-corrected chi connectivity index (χ4v) is 7.15. The summed E-state index contributed by atoms with van der Waals surface area (Å²) >= 11 is 0. The van der Waals surface area contributed by atoms with Crippen LogP contribution >= 0.6 is 0 Å². The molecule has 2 aromatic carbocycles. The molecule has 0 spiro atoms. The van der Waals surface area contributed by atoms with Crippen molar-refractivity contribution in [1.29, 1.82) is 0 Å². The highest BCUT2D eigenvalue weighted by Gasteiger charge is 2.40. The van der Waals surface area contributed by atoms with Gasteiger partial charge in [-0.1, -0.05) is 18.2 Å². The zero-order chi connectivity index (χ0) is 31.0. The third-order valence-corrected chi connectivity index (χ3v) is 9.68. The Morgan fingerprint density at radius 2 is 1.74 bits per heavy atom. The predicted molar refractivity (Wildman–Crippen MR) is 144 cm³/mol. The van der Waals surface area contributed by atoms with Gasteiger partial charge in [0.05, 0.1) is 33.7 Å². The van der Waals surface area contributed by atoms with Crippen LogP contribution in [0.3, 0.4) is 0 Å².